The van der Waals surface area contributed by atoms with E-state index in [1.807, 2.05) is 0 Å². The maximum absolute atomic E-state index is 11.1. The van der Waals surface area contributed by atoms with Crippen molar-refractivity contribution in [3.05, 3.63) is 0 Å². The van der Waals surface area contributed by atoms with Crippen LogP contribution < -0.4 is 5.32 Å². The molecule has 0 aromatic heterocycles. The number of hydrogen-bond donors (Lipinski definition) is 2. The summed E-state index contributed by atoms with van der Waals surface area (Å²) in [6, 6.07) is 0. The fourth-order valence-electron chi connectivity index (χ4n) is 0.218. The topological polar surface area (TPSA) is 75.6 Å². The van der Waals surface area contributed by atoms with Gasteiger partial charge in [0.05, 0.1) is 0 Å². The zero-order valence-electron chi connectivity index (χ0n) is 4.81. The molecule has 0 rings (SSSR count). The van der Waals surface area contributed by atoms with Crippen molar-refractivity contribution in [2.24, 2.45) is 0 Å². The van der Waals surface area contributed by atoms with Crippen molar-refractivity contribution in [3.63, 3.8) is 0 Å². The molecule has 0 fully saturated rings. The van der Waals surface area contributed by atoms with Crippen molar-refractivity contribution in [2.45, 2.75) is 6.36 Å². The first-order chi connectivity index (χ1) is 4.81. The van der Waals surface area contributed by atoms with Crippen LogP contribution in [0.4, 0.5) is 22.8 Å². The van der Waals surface area contributed by atoms with Gasteiger partial charge in [0.2, 0.25) is 0 Å². The highest BCUT2D eigenvalue weighted by atomic mass is 19.4. The first-order valence-electron chi connectivity index (χ1n) is 2.11. The number of ether oxygens (including phenoxy) is 1. The second-order valence-corrected chi connectivity index (χ2v) is 1.27. The van der Waals surface area contributed by atoms with Gasteiger partial charge in [0.25, 0.3) is 0 Å². The van der Waals surface area contributed by atoms with Crippen molar-refractivity contribution in [3.8, 4) is 0 Å². The first kappa shape index (κ1) is 9.53. The number of alkyl halides is 3. The molecule has 0 radical (unpaired) electrons. The molecule has 0 heterocycles. The lowest BCUT2D eigenvalue weighted by molar-refractivity contribution is -0.290. The van der Waals surface area contributed by atoms with Gasteiger partial charge in [0.15, 0.2) is 0 Å². The van der Waals surface area contributed by atoms with Crippen LogP contribution in [0.5, 0.6) is 0 Å². The zero-order valence-corrected chi connectivity index (χ0v) is 4.81. The molecule has 0 atom stereocenters. The van der Waals surface area contributed by atoms with Gasteiger partial charge in [-0.05, 0) is 0 Å². The number of hydrogen-bond acceptors (Lipinski definition) is 3. The molecule has 0 saturated heterocycles. The van der Waals surface area contributed by atoms with E-state index in [1.165, 1.54) is 0 Å². The monoisotopic (exact) mass is 173 g/mol. The number of carboxylic acid groups (broad SMARTS) is 1. The van der Waals surface area contributed by atoms with Gasteiger partial charge in [-0.15, -0.1) is 13.2 Å². The number of halogens is 3. The lowest BCUT2D eigenvalue weighted by Gasteiger charge is -2.04. The SMILES string of the molecule is O=C(O)NC(=O)OC(F)(F)F. The van der Waals surface area contributed by atoms with Crippen LogP contribution in [-0.4, -0.2) is 23.7 Å². The smallest absolute Gasteiger partial charge is 0.465 e. The largest absolute Gasteiger partial charge is 0.576 e. The second kappa shape index (κ2) is 3.08. The molecule has 0 aromatic rings. The summed E-state index contributed by atoms with van der Waals surface area (Å²) >= 11 is 0. The molecule has 2 amide bonds. The van der Waals surface area contributed by atoms with E-state index >= 15 is 0 Å². The fourth-order valence-corrected chi connectivity index (χ4v) is 0.218. The van der Waals surface area contributed by atoms with Crippen LogP contribution in [0, 0.1) is 0 Å². The summed E-state index contributed by atoms with van der Waals surface area (Å²) < 4.78 is 35.9. The van der Waals surface area contributed by atoms with Gasteiger partial charge in [-0.3, -0.25) is 0 Å². The van der Waals surface area contributed by atoms with Gasteiger partial charge in [-0.25, -0.2) is 14.9 Å². The van der Waals surface area contributed by atoms with Crippen LogP contribution in [0.3, 0.4) is 0 Å². The molecule has 0 aliphatic carbocycles. The average molecular weight is 173 g/mol. The number of nitrogens with one attached hydrogen (secondary N) is 1. The predicted octanol–water partition coefficient (Wildman–Crippen LogP) is 0.910. The van der Waals surface area contributed by atoms with Crippen molar-refractivity contribution in [2.75, 3.05) is 0 Å². The van der Waals surface area contributed by atoms with Crippen LogP contribution in [0.1, 0.15) is 0 Å². The Kier molecular flexibility index (Phi) is 2.67. The van der Waals surface area contributed by atoms with Gasteiger partial charge in [-0.1, -0.05) is 0 Å². The Hall–Kier alpha value is -1.47. The van der Waals surface area contributed by atoms with Gasteiger partial charge in [0.1, 0.15) is 0 Å². The standard InChI is InChI=1S/C3H2F3NO4/c4-3(5,6)11-2(10)7-1(8)9/h(H,7,10)(H,8,9). The van der Waals surface area contributed by atoms with Crippen LogP contribution in [0.25, 0.3) is 0 Å². The molecule has 5 nitrogen and oxygen atoms in total. The molecular formula is C3H2F3NO4. The highest BCUT2D eigenvalue weighted by Gasteiger charge is 2.34. The Morgan fingerprint density at radius 3 is 2.09 bits per heavy atom. The molecular weight excluding hydrogens is 171 g/mol. The Morgan fingerprint density at radius 2 is 1.82 bits per heavy atom. The van der Waals surface area contributed by atoms with E-state index in [1.54, 1.807) is 0 Å². The molecule has 0 aliphatic rings. The molecule has 0 bridgehead atoms. The van der Waals surface area contributed by atoms with Gasteiger partial charge < -0.3 is 9.84 Å². The number of rotatable bonds is 0. The normalized spacial score (nSPS) is 10.5. The number of carbonyl (C=O) groups excluding carboxylic acids is 1. The van der Waals surface area contributed by atoms with Crippen molar-refractivity contribution in [1.82, 2.24) is 5.32 Å². The maximum atomic E-state index is 11.1. The third-order valence-corrected chi connectivity index (χ3v) is 0.417. The van der Waals surface area contributed by atoms with Gasteiger partial charge in [0, 0.05) is 0 Å². The van der Waals surface area contributed by atoms with Crippen molar-refractivity contribution >= 4 is 12.2 Å². The Morgan fingerprint density at radius 1 is 1.36 bits per heavy atom. The molecule has 2 N–H and O–H groups in total. The number of imide groups is 1. The van der Waals surface area contributed by atoms with E-state index < -0.39 is 18.5 Å². The van der Waals surface area contributed by atoms with Crippen molar-refractivity contribution < 1.29 is 32.6 Å². The highest BCUT2D eigenvalue weighted by molar-refractivity contribution is 5.86. The van der Waals surface area contributed by atoms with Crippen LogP contribution >= 0.6 is 0 Å². The molecule has 0 spiro atoms. The van der Waals surface area contributed by atoms with Crippen LogP contribution in [0.2, 0.25) is 0 Å². The maximum Gasteiger partial charge on any atom is 0.576 e. The third kappa shape index (κ3) is 6.41. The third-order valence-electron chi connectivity index (χ3n) is 0.417. The van der Waals surface area contributed by atoms with E-state index in [9.17, 15) is 22.8 Å². The number of carbonyl (C=O) groups is 2. The summed E-state index contributed by atoms with van der Waals surface area (Å²) in [6.07, 6.45) is -9.16. The molecule has 0 saturated carbocycles. The molecule has 0 unspecified atom stereocenters. The van der Waals surface area contributed by atoms with E-state index in [2.05, 4.69) is 4.74 Å². The molecule has 0 aromatic carbocycles. The predicted molar refractivity (Wildman–Crippen MR) is 23.7 cm³/mol. The van der Waals surface area contributed by atoms with Crippen LogP contribution in [-0.2, 0) is 4.74 Å². The van der Waals surface area contributed by atoms with E-state index in [-0.39, 0.29) is 0 Å². The second-order valence-electron chi connectivity index (χ2n) is 1.27. The summed E-state index contributed by atoms with van der Waals surface area (Å²) in [5, 5.41) is 8.54. The minimum Gasteiger partial charge on any atom is -0.465 e. The Labute approximate surface area is 57.7 Å². The summed E-state index contributed by atoms with van der Waals surface area (Å²) in [5.74, 6) is 0. The summed E-state index contributed by atoms with van der Waals surface area (Å²) in [5.41, 5.74) is 0. The van der Waals surface area contributed by atoms with Gasteiger partial charge >= 0.3 is 18.5 Å². The van der Waals surface area contributed by atoms with E-state index in [0.717, 1.165) is 5.32 Å². The quantitative estimate of drug-likeness (QED) is 0.570. The minimum absolute atomic E-state index is 0.835. The molecule has 64 valence electrons. The zero-order chi connectivity index (χ0) is 9.07. The van der Waals surface area contributed by atoms with E-state index in [4.69, 9.17) is 5.11 Å². The lowest BCUT2D eigenvalue weighted by atomic mass is 11.0. The van der Waals surface area contributed by atoms with Crippen LogP contribution in [0.15, 0.2) is 0 Å². The van der Waals surface area contributed by atoms with E-state index in [0.29, 0.717) is 0 Å². The number of alkyl carbamates (subject to hydrolysis) is 1. The van der Waals surface area contributed by atoms with Crippen molar-refractivity contribution in [1.29, 1.82) is 0 Å². The highest BCUT2D eigenvalue weighted by Crippen LogP contribution is 2.15. The number of amides is 2. The lowest BCUT2D eigenvalue weighted by Crippen LogP contribution is -2.33. The molecule has 8 heteroatoms. The minimum atomic E-state index is -5.17. The summed E-state index contributed by atoms with van der Waals surface area (Å²) in [4.78, 5) is 19.4. The van der Waals surface area contributed by atoms with Gasteiger partial charge in [-0.2, -0.15) is 0 Å². The first-order valence-corrected chi connectivity index (χ1v) is 2.11. The Balaban J connectivity index is 3.80. The Bertz CT molecular complexity index is 176. The average Bonchev–Trinajstić information content (AvgIpc) is 1.53. The fraction of sp³-hybridized carbons (Fsp3) is 0.333. The molecule has 11 heavy (non-hydrogen) atoms. The summed E-state index contributed by atoms with van der Waals surface area (Å²) in [7, 11) is 0. The summed E-state index contributed by atoms with van der Waals surface area (Å²) in [6.45, 7) is 0. The molecule has 0 aliphatic heterocycles.